The minimum absolute atomic E-state index is 1.22. The monoisotopic (exact) mass is 539 g/mol. The summed E-state index contributed by atoms with van der Waals surface area (Å²) < 4.78 is 2.46. The van der Waals surface area contributed by atoms with Gasteiger partial charge in [0, 0.05) is 5.69 Å². The molecule has 39 heavy (non-hydrogen) atoms. The van der Waals surface area contributed by atoms with Gasteiger partial charge in [-0.05, 0) is 67.3 Å². The summed E-state index contributed by atoms with van der Waals surface area (Å²) in [5.74, 6) is 0. The number of benzene rings is 5. The Kier molecular flexibility index (Phi) is 6.24. The van der Waals surface area contributed by atoms with Gasteiger partial charge in [-0.2, -0.15) is 0 Å². The van der Waals surface area contributed by atoms with Gasteiger partial charge in [0.1, 0.15) is 0 Å². The fraction of sp³-hybridized carbons (Fsp3) is 0.167. The number of fused-ring (bicyclic) bond motifs is 2. The van der Waals surface area contributed by atoms with Crippen LogP contribution < -0.4 is 10.4 Å². The predicted molar refractivity (Wildman–Crippen MR) is 178 cm³/mol. The Balaban J connectivity index is 1.74. The van der Waals surface area contributed by atoms with Crippen LogP contribution in [0.15, 0.2) is 115 Å². The van der Waals surface area contributed by atoms with Crippen LogP contribution in [0.25, 0.3) is 49.7 Å². The Morgan fingerprint density at radius 2 is 0.821 bits per heavy atom. The van der Waals surface area contributed by atoms with E-state index >= 15 is 0 Å². The Morgan fingerprint density at radius 3 is 1.28 bits per heavy atom. The number of rotatable bonds is 5. The van der Waals surface area contributed by atoms with Crippen molar-refractivity contribution in [3.05, 3.63) is 115 Å². The van der Waals surface area contributed by atoms with Crippen molar-refractivity contribution in [2.45, 2.75) is 39.3 Å². The molecule has 194 valence electrons. The molecule has 0 fully saturated rings. The Bertz CT molecular complexity index is 1740. The molecule has 0 saturated heterocycles. The topological polar surface area (TPSA) is 4.93 Å². The van der Waals surface area contributed by atoms with Crippen molar-refractivity contribution in [3.8, 4) is 28.2 Å². The van der Waals surface area contributed by atoms with Crippen LogP contribution in [0, 0.1) is 0 Å². The normalized spacial score (nSPS) is 12.4. The number of aromatic nitrogens is 1. The minimum atomic E-state index is -1.70. The van der Waals surface area contributed by atoms with Gasteiger partial charge in [0.05, 0.1) is 27.5 Å². The third kappa shape index (κ3) is 4.50. The van der Waals surface area contributed by atoms with Gasteiger partial charge in [-0.1, -0.05) is 130 Å². The van der Waals surface area contributed by atoms with Crippen LogP contribution in [0.3, 0.4) is 0 Å². The molecule has 6 aromatic rings. The lowest BCUT2D eigenvalue weighted by atomic mass is 10.0. The average molecular weight is 540 g/mol. The van der Waals surface area contributed by atoms with Gasteiger partial charge in [0.2, 0.25) is 0 Å². The molecule has 0 aliphatic carbocycles. The molecule has 0 aliphatic heterocycles. The quantitative estimate of drug-likeness (QED) is 0.152. The highest BCUT2D eigenvalue weighted by Crippen LogP contribution is 2.34. The zero-order valence-corrected chi connectivity index (χ0v) is 25.9. The molecule has 1 aromatic heterocycles. The van der Waals surface area contributed by atoms with Crippen LogP contribution in [0.4, 0.5) is 0 Å². The highest BCUT2D eigenvalue weighted by Gasteiger charge is 2.29. The van der Waals surface area contributed by atoms with E-state index in [0.717, 1.165) is 0 Å². The van der Waals surface area contributed by atoms with Crippen molar-refractivity contribution in [3.63, 3.8) is 0 Å². The minimum Gasteiger partial charge on any atom is -0.309 e. The molecule has 0 spiro atoms. The summed E-state index contributed by atoms with van der Waals surface area (Å²) in [7, 11) is -3.35. The number of hydrogen-bond acceptors (Lipinski definition) is 0. The van der Waals surface area contributed by atoms with E-state index in [1.807, 2.05) is 0 Å². The molecule has 0 amide bonds. The molecule has 1 heterocycles. The highest BCUT2D eigenvalue weighted by molar-refractivity contribution is 6.95. The van der Waals surface area contributed by atoms with Crippen molar-refractivity contribution in [1.29, 1.82) is 0 Å². The van der Waals surface area contributed by atoms with Gasteiger partial charge >= 0.3 is 0 Å². The molecule has 0 unspecified atom stereocenters. The molecule has 0 atom stereocenters. The predicted octanol–water partition coefficient (Wildman–Crippen LogP) is 9.21. The van der Waals surface area contributed by atoms with Crippen molar-refractivity contribution >= 4 is 48.1 Å². The second kappa shape index (κ2) is 9.51. The zero-order valence-electron chi connectivity index (χ0n) is 23.9. The fourth-order valence-corrected chi connectivity index (χ4v) is 10.4. The Hall–Kier alpha value is -3.67. The molecule has 5 aromatic carbocycles. The second-order valence-corrected chi connectivity index (χ2v) is 22.7. The Morgan fingerprint density at radius 1 is 0.410 bits per heavy atom. The molecule has 0 bridgehead atoms. The summed E-state index contributed by atoms with van der Waals surface area (Å²) in [6.45, 7) is 15.0. The summed E-state index contributed by atoms with van der Waals surface area (Å²) in [6, 6.07) is 42.6. The summed E-state index contributed by atoms with van der Waals surface area (Å²) in [6.07, 6.45) is 0. The first-order chi connectivity index (χ1) is 18.6. The number of hydrogen-bond donors (Lipinski definition) is 0. The molecule has 3 heteroatoms. The van der Waals surface area contributed by atoms with E-state index in [1.165, 1.54) is 49.7 Å². The summed E-state index contributed by atoms with van der Waals surface area (Å²) >= 11 is 0. The number of nitrogens with zero attached hydrogens (tertiary/aromatic N) is 1. The molecule has 1 nitrogen and oxygen atoms in total. The van der Waals surface area contributed by atoms with E-state index in [9.17, 15) is 0 Å². The van der Waals surface area contributed by atoms with Gasteiger partial charge in [-0.3, -0.25) is 0 Å². The smallest absolute Gasteiger partial charge is 0.0792 e. The van der Waals surface area contributed by atoms with Crippen molar-refractivity contribution in [2.24, 2.45) is 0 Å². The summed E-state index contributed by atoms with van der Waals surface area (Å²) in [5.41, 5.74) is 6.11. The maximum absolute atomic E-state index is 2.50. The lowest BCUT2D eigenvalue weighted by Gasteiger charge is -2.29. The van der Waals surface area contributed by atoms with Crippen LogP contribution in [-0.4, -0.2) is 20.7 Å². The first-order valence-corrected chi connectivity index (χ1v) is 21.0. The molecule has 0 radical (unpaired) electrons. The van der Waals surface area contributed by atoms with Gasteiger partial charge in [0.15, 0.2) is 0 Å². The Labute approximate surface area is 234 Å². The van der Waals surface area contributed by atoms with Crippen LogP contribution in [0.2, 0.25) is 39.3 Å². The third-order valence-electron chi connectivity index (χ3n) is 7.79. The molecule has 6 rings (SSSR count). The SMILES string of the molecule is C[Si](C)(C)c1c2ccccc2c([Si](C)(C)C)c2cc(-n3c(-c4ccccc4)ccc3-c3ccccc3)ccc12. The largest absolute Gasteiger partial charge is 0.309 e. The van der Waals surface area contributed by atoms with E-state index in [4.69, 9.17) is 0 Å². The fourth-order valence-electron chi connectivity index (χ4n) is 6.30. The molecular formula is C36H37NSi2. The van der Waals surface area contributed by atoms with E-state index in [1.54, 1.807) is 10.4 Å². The second-order valence-electron chi connectivity index (χ2n) is 12.7. The highest BCUT2D eigenvalue weighted by atomic mass is 28.3. The molecule has 0 aliphatic rings. The first-order valence-electron chi connectivity index (χ1n) is 14.0. The van der Waals surface area contributed by atoms with Gasteiger partial charge in [-0.25, -0.2) is 0 Å². The average Bonchev–Trinajstić information content (AvgIpc) is 3.36. The van der Waals surface area contributed by atoms with E-state index in [0.29, 0.717) is 0 Å². The zero-order chi connectivity index (χ0) is 27.4. The van der Waals surface area contributed by atoms with E-state index < -0.39 is 16.1 Å². The van der Waals surface area contributed by atoms with Crippen LogP contribution in [-0.2, 0) is 0 Å². The lowest BCUT2D eigenvalue weighted by molar-refractivity contribution is 1.10. The summed E-state index contributed by atoms with van der Waals surface area (Å²) in [4.78, 5) is 0. The van der Waals surface area contributed by atoms with Crippen molar-refractivity contribution in [2.75, 3.05) is 0 Å². The van der Waals surface area contributed by atoms with Gasteiger partial charge < -0.3 is 4.57 Å². The van der Waals surface area contributed by atoms with Crippen LogP contribution >= 0.6 is 0 Å². The van der Waals surface area contributed by atoms with Gasteiger partial charge in [0.25, 0.3) is 0 Å². The van der Waals surface area contributed by atoms with E-state index in [-0.39, 0.29) is 0 Å². The maximum atomic E-state index is 2.50. The third-order valence-corrected chi connectivity index (χ3v) is 11.9. The standard InChI is InChI=1S/C36H37NSi2/c1-38(2,3)35-29-19-13-14-20-30(29)36(39(4,5)6)32-25-28(21-22-31(32)35)37-33(26-15-9-7-10-16-26)23-24-34(37)27-17-11-8-12-18-27/h7-25H,1-6H3. The lowest BCUT2D eigenvalue weighted by Crippen LogP contribution is -2.44. The molecular weight excluding hydrogens is 503 g/mol. The van der Waals surface area contributed by atoms with Crippen LogP contribution in [0.1, 0.15) is 0 Å². The maximum Gasteiger partial charge on any atom is 0.0792 e. The van der Waals surface area contributed by atoms with Crippen molar-refractivity contribution in [1.82, 2.24) is 4.57 Å². The molecule has 0 saturated carbocycles. The first kappa shape index (κ1) is 25.6. The van der Waals surface area contributed by atoms with E-state index in [2.05, 4.69) is 159 Å². The van der Waals surface area contributed by atoms with Crippen molar-refractivity contribution < 1.29 is 0 Å². The summed E-state index contributed by atoms with van der Waals surface area (Å²) in [5, 5.41) is 8.97. The van der Waals surface area contributed by atoms with Gasteiger partial charge in [-0.15, -0.1) is 0 Å². The van der Waals surface area contributed by atoms with Crippen LogP contribution in [0.5, 0.6) is 0 Å². The molecule has 0 N–H and O–H groups in total.